The molecule has 1 aliphatic heterocycles. The van der Waals surface area contributed by atoms with Gasteiger partial charge in [0.05, 0.1) is 5.92 Å². The van der Waals surface area contributed by atoms with Gasteiger partial charge in [0.1, 0.15) is 5.82 Å². The van der Waals surface area contributed by atoms with E-state index in [-0.39, 0.29) is 5.92 Å². The summed E-state index contributed by atoms with van der Waals surface area (Å²) in [5.74, 6) is 0.428. The van der Waals surface area contributed by atoms with Crippen LogP contribution in [0.25, 0.3) is 0 Å². The third-order valence-corrected chi connectivity index (χ3v) is 5.06. The lowest BCUT2D eigenvalue weighted by Crippen LogP contribution is -2.36. The summed E-state index contributed by atoms with van der Waals surface area (Å²) in [7, 11) is 0. The Bertz CT molecular complexity index is 753. The largest absolute Gasteiger partial charge is 0.481 e. The molecule has 144 valence electrons. The lowest BCUT2D eigenvalue weighted by Gasteiger charge is -2.31. The zero-order valence-electron chi connectivity index (χ0n) is 15.9. The zero-order chi connectivity index (χ0) is 19.2. The van der Waals surface area contributed by atoms with Crippen molar-refractivity contribution < 1.29 is 9.90 Å². The molecule has 0 bridgehead atoms. The van der Waals surface area contributed by atoms with E-state index in [1.165, 1.54) is 5.69 Å². The fourth-order valence-corrected chi connectivity index (χ4v) is 3.41. The van der Waals surface area contributed by atoms with Crippen molar-refractivity contribution in [2.45, 2.75) is 26.7 Å². The number of carbonyl (C=O) groups is 1. The Hall–Kier alpha value is -2.83. The Kier molecular flexibility index (Phi) is 6.11. The maximum Gasteiger partial charge on any atom is 0.306 e. The molecule has 1 aromatic carbocycles. The highest BCUT2D eigenvalue weighted by Gasteiger charge is 2.25. The average molecular weight is 369 g/mol. The first-order valence-corrected chi connectivity index (χ1v) is 9.53. The summed E-state index contributed by atoms with van der Waals surface area (Å²) in [6.07, 6.45) is 3.03. The van der Waals surface area contributed by atoms with Gasteiger partial charge in [0.15, 0.2) is 0 Å². The van der Waals surface area contributed by atoms with Gasteiger partial charge in [-0.15, -0.1) is 0 Å². The molecule has 1 aromatic heterocycles. The summed E-state index contributed by atoms with van der Waals surface area (Å²) in [5.41, 5.74) is 2.13. The van der Waals surface area contributed by atoms with Crippen LogP contribution >= 0.6 is 0 Å². The summed E-state index contributed by atoms with van der Waals surface area (Å²) < 4.78 is 0. The van der Waals surface area contributed by atoms with Gasteiger partial charge in [0, 0.05) is 43.8 Å². The molecule has 1 saturated heterocycles. The molecule has 7 heteroatoms. The van der Waals surface area contributed by atoms with Crippen LogP contribution in [-0.2, 0) is 4.79 Å². The summed E-state index contributed by atoms with van der Waals surface area (Å²) in [5, 5.41) is 12.4. The van der Waals surface area contributed by atoms with Gasteiger partial charge in [-0.2, -0.15) is 4.98 Å². The molecule has 7 nitrogen and oxygen atoms in total. The maximum atomic E-state index is 11.1. The fourth-order valence-electron chi connectivity index (χ4n) is 3.41. The quantitative estimate of drug-likeness (QED) is 0.774. The number of anilines is 4. The van der Waals surface area contributed by atoms with Crippen LogP contribution in [0.3, 0.4) is 0 Å². The molecule has 2 aromatic rings. The minimum absolute atomic E-state index is 0.245. The fraction of sp³-hybridized carbons (Fsp3) is 0.450. The van der Waals surface area contributed by atoms with E-state index in [0.717, 1.165) is 24.6 Å². The number of aliphatic carboxylic acids is 1. The van der Waals surface area contributed by atoms with Gasteiger partial charge in [-0.25, -0.2) is 4.98 Å². The minimum Gasteiger partial charge on any atom is -0.481 e. The SMILES string of the molecule is CCN(CC)c1ccc(Nc2nccc(N3CCC(C(=O)O)CC3)n2)cc1. The van der Waals surface area contributed by atoms with Gasteiger partial charge >= 0.3 is 5.97 Å². The lowest BCUT2D eigenvalue weighted by molar-refractivity contribution is -0.142. The highest BCUT2D eigenvalue weighted by molar-refractivity contribution is 5.70. The molecule has 2 N–H and O–H groups in total. The second-order valence-electron chi connectivity index (χ2n) is 6.68. The second-order valence-corrected chi connectivity index (χ2v) is 6.68. The van der Waals surface area contributed by atoms with Crippen molar-refractivity contribution in [3.05, 3.63) is 36.5 Å². The Morgan fingerprint density at radius 2 is 1.85 bits per heavy atom. The Morgan fingerprint density at radius 1 is 1.19 bits per heavy atom. The number of nitrogens with one attached hydrogen (secondary N) is 1. The van der Waals surface area contributed by atoms with Crippen LogP contribution in [-0.4, -0.2) is 47.2 Å². The van der Waals surface area contributed by atoms with Gasteiger partial charge in [-0.05, 0) is 57.0 Å². The van der Waals surface area contributed by atoms with Crippen molar-refractivity contribution in [1.82, 2.24) is 9.97 Å². The average Bonchev–Trinajstić information content (AvgIpc) is 2.70. The summed E-state index contributed by atoms with van der Waals surface area (Å²) in [6.45, 7) is 7.65. The number of piperidine rings is 1. The van der Waals surface area contributed by atoms with Gasteiger partial charge in [0.25, 0.3) is 0 Å². The van der Waals surface area contributed by atoms with Crippen LogP contribution in [0.1, 0.15) is 26.7 Å². The van der Waals surface area contributed by atoms with Crippen molar-refractivity contribution in [2.75, 3.05) is 41.3 Å². The molecule has 27 heavy (non-hydrogen) atoms. The van der Waals surface area contributed by atoms with Crippen LogP contribution in [0.15, 0.2) is 36.5 Å². The predicted octanol–water partition coefficient (Wildman–Crippen LogP) is 3.37. The van der Waals surface area contributed by atoms with Crippen molar-refractivity contribution in [3.8, 4) is 0 Å². The smallest absolute Gasteiger partial charge is 0.306 e. The maximum absolute atomic E-state index is 11.1. The normalized spacial score (nSPS) is 14.8. The van der Waals surface area contributed by atoms with Crippen LogP contribution in [0.4, 0.5) is 23.1 Å². The molecule has 3 rings (SSSR count). The lowest BCUT2D eigenvalue weighted by atomic mass is 9.97. The molecule has 0 unspecified atom stereocenters. The number of carboxylic acids is 1. The standard InChI is InChI=1S/C20H27N5O2/c1-3-24(4-2)17-7-5-16(6-8-17)22-20-21-12-9-18(23-20)25-13-10-15(11-14-25)19(26)27/h5-9,12,15H,3-4,10-11,13-14H2,1-2H3,(H,26,27)(H,21,22,23). The molecule has 0 radical (unpaired) electrons. The first kappa shape index (κ1) is 18.9. The van der Waals surface area contributed by atoms with E-state index in [1.807, 2.05) is 18.2 Å². The molecule has 1 aliphatic rings. The zero-order valence-corrected chi connectivity index (χ0v) is 15.9. The molecule has 1 fully saturated rings. The predicted molar refractivity (Wildman–Crippen MR) is 108 cm³/mol. The molecule has 0 spiro atoms. The van der Waals surface area contributed by atoms with Crippen LogP contribution < -0.4 is 15.1 Å². The van der Waals surface area contributed by atoms with Crippen molar-refractivity contribution in [1.29, 1.82) is 0 Å². The Morgan fingerprint density at radius 3 is 2.44 bits per heavy atom. The monoisotopic (exact) mass is 369 g/mol. The molecule has 0 amide bonds. The molecule has 0 saturated carbocycles. The van der Waals surface area contributed by atoms with E-state index in [4.69, 9.17) is 5.11 Å². The van der Waals surface area contributed by atoms with Crippen LogP contribution in [0.5, 0.6) is 0 Å². The van der Waals surface area contributed by atoms with Crippen LogP contribution in [0.2, 0.25) is 0 Å². The van der Waals surface area contributed by atoms with E-state index in [9.17, 15) is 4.79 Å². The highest BCUT2D eigenvalue weighted by Crippen LogP contribution is 2.24. The number of hydrogen-bond acceptors (Lipinski definition) is 6. The first-order valence-electron chi connectivity index (χ1n) is 9.53. The number of nitrogens with zero attached hydrogens (tertiary/aromatic N) is 4. The summed E-state index contributed by atoms with van der Waals surface area (Å²) in [4.78, 5) is 24.4. The minimum atomic E-state index is -0.701. The number of benzene rings is 1. The highest BCUT2D eigenvalue weighted by atomic mass is 16.4. The molecule has 0 atom stereocenters. The van der Waals surface area contributed by atoms with E-state index in [2.05, 4.69) is 51.1 Å². The topological polar surface area (TPSA) is 81.6 Å². The third-order valence-electron chi connectivity index (χ3n) is 5.06. The van der Waals surface area contributed by atoms with Gasteiger partial charge in [-0.1, -0.05) is 0 Å². The number of hydrogen-bond donors (Lipinski definition) is 2. The van der Waals surface area contributed by atoms with E-state index in [0.29, 0.717) is 31.9 Å². The molecule has 2 heterocycles. The van der Waals surface area contributed by atoms with Crippen molar-refractivity contribution >= 4 is 29.1 Å². The molecular formula is C20H27N5O2. The van der Waals surface area contributed by atoms with Gasteiger partial charge < -0.3 is 20.2 Å². The molecule has 0 aliphatic carbocycles. The first-order chi connectivity index (χ1) is 13.1. The second kappa shape index (κ2) is 8.70. The molecular weight excluding hydrogens is 342 g/mol. The van der Waals surface area contributed by atoms with E-state index >= 15 is 0 Å². The van der Waals surface area contributed by atoms with E-state index < -0.39 is 5.97 Å². The third kappa shape index (κ3) is 4.67. The number of aromatic nitrogens is 2. The van der Waals surface area contributed by atoms with Gasteiger partial charge in [-0.3, -0.25) is 4.79 Å². The van der Waals surface area contributed by atoms with Gasteiger partial charge in [0.2, 0.25) is 5.95 Å². The van der Waals surface area contributed by atoms with Crippen molar-refractivity contribution in [3.63, 3.8) is 0 Å². The van der Waals surface area contributed by atoms with Crippen LogP contribution in [0, 0.1) is 5.92 Å². The summed E-state index contributed by atoms with van der Waals surface area (Å²) >= 11 is 0. The summed E-state index contributed by atoms with van der Waals surface area (Å²) in [6, 6.07) is 10.1. The number of rotatable bonds is 7. The van der Waals surface area contributed by atoms with E-state index in [1.54, 1.807) is 6.20 Å². The Labute approximate surface area is 160 Å². The van der Waals surface area contributed by atoms with Crippen molar-refractivity contribution in [2.24, 2.45) is 5.92 Å². The Balaban J connectivity index is 1.65. The number of carboxylic acid groups (broad SMARTS) is 1.